The fourth-order valence-corrected chi connectivity index (χ4v) is 1.66. The monoisotopic (exact) mass is 229 g/mol. The van der Waals surface area contributed by atoms with Crippen LogP contribution >= 0.6 is 11.3 Å². The molecule has 1 heterocycles. The summed E-state index contributed by atoms with van der Waals surface area (Å²) in [5.74, 6) is -0.188. The molecule has 4 nitrogen and oxygen atoms in total. The maximum atomic E-state index is 11.6. The summed E-state index contributed by atoms with van der Waals surface area (Å²) in [6.45, 7) is 0. The molecule has 78 valence electrons. The minimum atomic E-state index is -0.188. The predicted octanol–water partition coefficient (Wildman–Crippen LogP) is 2.27. The minimum Gasteiger partial charge on any atom is -0.321 e. The number of benzene rings is 1. The summed E-state index contributed by atoms with van der Waals surface area (Å²) < 4.78 is 0. The highest BCUT2D eigenvalue weighted by atomic mass is 32.1. The summed E-state index contributed by atoms with van der Waals surface area (Å²) in [7, 11) is 0. The van der Waals surface area contributed by atoms with E-state index in [2.05, 4.69) is 10.3 Å². The van der Waals surface area contributed by atoms with E-state index in [-0.39, 0.29) is 5.91 Å². The van der Waals surface area contributed by atoms with E-state index in [9.17, 15) is 4.79 Å². The summed E-state index contributed by atoms with van der Waals surface area (Å²) in [4.78, 5) is 16.0. The second-order valence-electron chi connectivity index (χ2n) is 3.01. The number of nitrogens with zero attached hydrogens (tertiary/aromatic N) is 2. The third-order valence-corrected chi connectivity index (χ3v) is 2.70. The van der Waals surface area contributed by atoms with Gasteiger partial charge >= 0.3 is 0 Å². The number of carbonyl (C=O) groups excluding carboxylic acids is 1. The number of hydrogen-bond donors (Lipinski definition) is 1. The third kappa shape index (κ3) is 2.24. The van der Waals surface area contributed by atoms with Gasteiger partial charge in [0.2, 0.25) is 0 Å². The van der Waals surface area contributed by atoms with Crippen LogP contribution in [0.4, 0.5) is 5.69 Å². The van der Waals surface area contributed by atoms with Crippen LogP contribution in [0.5, 0.6) is 0 Å². The number of hydrogen-bond acceptors (Lipinski definition) is 4. The molecule has 0 aliphatic rings. The van der Waals surface area contributed by atoms with Gasteiger partial charge in [-0.3, -0.25) is 9.78 Å². The number of carbonyl (C=O) groups is 1. The molecule has 0 aliphatic heterocycles. The molecule has 0 atom stereocenters. The molecule has 1 aromatic heterocycles. The molecule has 16 heavy (non-hydrogen) atoms. The van der Waals surface area contributed by atoms with Crippen LogP contribution in [0.2, 0.25) is 0 Å². The number of rotatable bonds is 2. The Morgan fingerprint density at radius 2 is 2.12 bits per heavy atom. The Bertz CT molecular complexity index is 525. The molecule has 0 bridgehead atoms. The molecule has 0 aliphatic carbocycles. The van der Waals surface area contributed by atoms with E-state index in [1.807, 2.05) is 6.07 Å². The van der Waals surface area contributed by atoms with Crippen molar-refractivity contribution >= 4 is 22.9 Å². The molecule has 1 amide bonds. The Hall–Kier alpha value is -2.19. The van der Waals surface area contributed by atoms with Crippen molar-refractivity contribution < 1.29 is 4.79 Å². The quantitative estimate of drug-likeness (QED) is 0.859. The maximum Gasteiger partial charge on any atom is 0.267 e. The molecule has 0 radical (unpaired) electrons. The third-order valence-electron chi connectivity index (χ3n) is 1.93. The number of anilines is 1. The van der Waals surface area contributed by atoms with Gasteiger partial charge in [0.1, 0.15) is 4.88 Å². The van der Waals surface area contributed by atoms with Gasteiger partial charge in [-0.05, 0) is 24.3 Å². The topological polar surface area (TPSA) is 65.8 Å². The molecule has 2 aromatic rings. The molecule has 1 N–H and O–H groups in total. The van der Waals surface area contributed by atoms with Crippen LogP contribution in [0.25, 0.3) is 0 Å². The van der Waals surface area contributed by atoms with Crippen LogP contribution in [-0.2, 0) is 0 Å². The van der Waals surface area contributed by atoms with E-state index in [0.29, 0.717) is 16.1 Å². The van der Waals surface area contributed by atoms with E-state index >= 15 is 0 Å². The lowest BCUT2D eigenvalue weighted by Gasteiger charge is -2.02. The lowest BCUT2D eigenvalue weighted by atomic mass is 10.2. The fraction of sp³-hybridized carbons (Fsp3) is 0. The van der Waals surface area contributed by atoms with E-state index in [4.69, 9.17) is 5.26 Å². The van der Waals surface area contributed by atoms with Crippen molar-refractivity contribution in [3.63, 3.8) is 0 Å². The van der Waals surface area contributed by atoms with Crippen molar-refractivity contribution in [3.05, 3.63) is 46.4 Å². The Labute approximate surface area is 96.2 Å². The Morgan fingerprint density at radius 3 is 2.69 bits per heavy atom. The van der Waals surface area contributed by atoms with Crippen molar-refractivity contribution in [2.75, 3.05) is 5.32 Å². The van der Waals surface area contributed by atoms with Gasteiger partial charge in [-0.15, -0.1) is 11.3 Å². The largest absolute Gasteiger partial charge is 0.321 e. The second kappa shape index (κ2) is 4.55. The summed E-state index contributed by atoms with van der Waals surface area (Å²) in [5.41, 5.74) is 2.83. The molecule has 0 saturated heterocycles. The Kier molecular flexibility index (Phi) is 2.94. The van der Waals surface area contributed by atoms with E-state index in [1.165, 1.54) is 17.5 Å². The molecule has 1 aromatic carbocycles. The van der Waals surface area contributed by atoms with Crippen molar-refractivity contribution in [2.24, 2.45) is 0 Å². The maximum absolute atomic E-state index is 11.6. The smallest absolute Gasteiger partial charge is 0.267 e. The molecule has 0 saturated carbocycles. The van der Waals surface area contributed by atoms with Crippen molar-refractivity contribution in [3.8, 4) is 6.07 Å². The summed E-state index contributed by atoms with van der Waals surface area (Å²) >= 11 is 1.28. The average molecular weight is 229 g/mol. The average Bonchev–Trinajstić information content (AvgIpc) is 2.83. The van der Waals surface area contributed by atoms with Crippen molar-refractivity contribution in [1.82, 2.24) is 4.98 Å². The van der Waals surface area contributed by atoms with Gasteiger partial charge in [0.15, 0.2) is 0 Å². The molecule has 0 unspecified atom stereocenters. The number of thiazole rings is 1. The van der Waals surface area contributed by atoms with Gasteiger partial charge in [0.25, 0.3) is 5.91 Å². The molecule has 5 heteroatoms. The minimum absolute atomic E-state index is 0.188. The molecular weight excluding hydrogens is 222 g/mol. The first-order valence-electron chi connectivity index (χ1n) is 4.49. The first kappa shape index (κ1) is 10.3. The highest BCUT2D eigenvalue weighted by Crippen LogP contribution is 2.12. The molecule has 2 rings (SSSR count). The van der Waals surface area contributed by atoms with Gasteiger partial charge in [-0.25, -0.2) is 0 Å². The zero-order valence-electron chi connectivity index (χ0n) is 8.18. The van der Waals surface area contributed by atoms with Crippen molar-refractivity contribution in [2.45, 2.75) is 0 Å². The van der Waals surface area contributed by atoms with E-state index in [1.54, 1.807) is 29.8 Å². The number of amides is 1. The molecule has 0 spiro atoms. The molecule has 0 fully saturated rings. The zero-order chi connectivity index (χ0) is 11.4. The van der Waals surface area contributed by atoms with Gasteiger partial charge < -0.3 is 5.32 Å². The van der Waals surface area contributed by atoms with E-state index in [0.717, 1.165) is 0 Å². The van der Waals surface area contributed by atoms with Crippen LogP contribution < -0.4 is 5.32 Å². The predicted molar refractivity (Wildman–Crippen MR) is 61.2 cm³/mol. The van der Waals surface area contributed by atoms with Crippen LogP contribution in [0, 0.1) is 11.3 Å². The highest BCUT2D eigenvalue weighted by molar-refractivity contribution is 7.11. The van der Waals surface area contributed by atoms with Crippen LogP contribution in [0.3, 0.4) is 0 Å². The lowest BCUT2D eigenvalue weighted by Crippen LogP contribution is -2.09. The first-order valence-corrected chi connectivity index (χ1v) is 5.37. The van der Waals surface area contributed by atoms with Crippen LogP contribution in [-0.4, -0.2) is 10.9 Å². The Morgan fingerprint density at radius 1 is 1.38 bits per heavy atom. The lowest BCUT2D eigenvalue weighted by molar-refractivity contribution is 0.103. The van der Waals surface area contributed by atoms with Gasteiger partial charge in [-0.1, -0.05) is 0 Å². The number of aromatic nitrogens is 1. The summed E-state index contributed by atoms with van der Waals surface area (Å²) in [6.07, 6.45) is 1.52. The highest BCUT2D eigenvalue weighted by Gasteiger charge is 2.06. The SMILES string of the molecule is N#Cc1ccc(NC(=O)c2cncs2)cc1. The van der Waals surface area contributed by atoms with E-state index < -0.39 is 0 Å². The Balaban J connectivity index is 2.10. The zero-order valence-corrected chi connectivity index (χ0v) is 8.99. The molecular formula is C11H7N3OS. The second-order valence-corrected chi connectivity index (χ2v) is 3.90. The summed E-state index contributed by atoms with van der Waals surface area (Å²) in [6, 6.07) is 8.71. The number of nitriles is 1. The first-order chi connectivity index (χ1) is 7.79. The summed E-state index contributed by atoms with van der Waals surface area (Å²) in [5, 5.41) is 11.3. The van der Waals surface area contributed by atoms with Crippen LogP contribution in [0.15, 0.2) is 36.0 Å². The van der Waals surface area contributed by atoms with Gasteiger partial charge in [0.05, 0.1) is 23.3 Å². The van der Waals surface area contributed by atoms with Crippen molar-refractivity contribution in [1.29, 1.82) is 5.26 Å². The van der Waals surface area contributed by atoms with Gasteiger partial charge in [-0.2, -0.15) is 5.26 Å². The standard InChI is InChI=1S/C11H7N3OS/c12-5-8-1-3-9(4-2-8)14-11(15)10-6-13-7-16-10/h1-4,6-7H,(H,14,15). The number of nitrogens with one attached hydrogen (secondary N) is 1. The normalized spacial score (nSPS) is 9.44. The fourth-order valence-electron chi connectivity index (χ4n) is 1.15. The van der Waals surface area contributed by atoms with Crippen LogP contribution in [0.1, 0.15) is 15.2 Å². The van der Waals surface area contributed by atoms with Gasteiger partial charge in [0, 0.05) is 5.69 Å².